The van der Waals surface area contributed by atoms with Gasteiger partial charge in [-0.1, -0.05) is 19.8 Å². The number of carbonyl (C=O) groups excluding carboxylic acids is 2. The van der Waals surface area contributed by atoms with Gasteiger partial charge in [0.15, 0.2) is 0 Å². The fourth-order valence-electron chi connectivity index (χ4n) is 2.66. The summed E-state index contributed by atoms with van der Waals surface area (Å²) in [5.74, 6) is -0.224. The van der Waals surface area contributed by atoms with E-state index in [4.69, 9.17) is 4.74 Å². The van der Waals surface area contributed by atoms with E-state index in [0.717, 1.165) is 50.1 Å². The van der Waals surface area contributed by atoms with Gasteiger partial charge in [-0.15, -0.1) is 0 Å². The summed E-state index contributed by atoms with van der Waals surface area (Å²) in [6.45, 7) is 3.72. The van der Waals surface area contributed by atoms with Crippen LogP contribution in [0.5, 0.6) is 0 Å². The highest BCUT2D eigenvalue weighted by Gasteiger charge is 2.24. The summed E-state index contributed by atoms with van der Waals surface area (Å²) in [4.78, 5) is 25.5. The standard InChI is InChI=1S/C17H24N2O3/c1-3-4-5-10-18-14-12-13(17(21)22-2)8-9-15(14)19-11-6-7-16(19)20/h8-9,12,18H,3-7,10-11H2,1-2H3. The van der Waals surface area contributed by atoms with E-state index in [1.54, 1.807) is 17.0 Å². The molecular formula is C17H24N2O3. The molecule has 1 aromatic carbocycles. The van der Waals surface area contributed by atoms with Crippen LogP contribution < -0.4 is 10.2 Å². The van der Waals surface area contributed by atoms with E-state index in [0.29, 0.717) is 12.0 Å². The van der Waals surface area contributed by atoms with Crippen LogP contribution in [0.1, 0.15) is 49.4 Å². The van der Waals surface area contributed by atoms with Gasteiger partial charge in [0.05, 0.1) is 24.0 Å². The lowest BCUT2D eigenvalue weighted by Gasteiger charge is -2.21. The molecule has 0 aliphatic carbocycles. The second kappa shape index (κ2) is 7.82. The van der Waals surface area contributed by atoms with Gasteiger partial charge in [-0.25, -0.2) is 4.79 Å². The van der Waals surface area contributed by atoms with Gasteiger partial charge in [0.25, 0.3) is 0 Å². The van der Waals surface area contributed by atoms with Gasteiger partial charge >= 0.3 is 5.97 Å². The maximum absolute atomic E-state index is 12.0. The van der Waals surface area contributed by atoms with E-state index >= 15 is 0 Å². The van der Waals surface area contributed by atoms with Gasteiger partial charge in [-0.05, 0) is 31.0 Å². The maximum atomic E-state index is 12.0. The smallest absolute Gasteiger partial charge is 0.337 e. The number of nitrogens with zero attached hydrogens (tertiary/aromatic N) is 1. The van der Waals surface area contributed by atoms with E-state index in [-0.39, 0.29) is 11.9 Å². The zero-order valence-electron chi connectivity index (χ0n) is 13.4. The van der Waals surface area contributed by atoms with Gasteiger partial charge < -0.3 is 15.0 Å². The van der Waals surface area contributed by atoms with Crippen molar-refractivity contribution in [2.45, 2.75) is 39.0 Å². The molecule has 0 aromatic heterocycles. The predicted molar refractivity (Wildman–Crippen MR) is 87.4 cm³/mol. The fraction of sp³-hybridized carbons (Fsp3) is 0.529. The summed E-state index contributed by atoms with van der Waals surface area (Å²) in [7, 11) is 1.37. The molecule has 1 fully saturated rings. The zero-order valence-corrected chi connectivity index (χ0v) is 13.4. The van der Waals surface area contributed by atoms with Crippen LogP contribution in [-0.2, 0) is 9.53 Å². The molecule has 120 valence electrons. The molecule has 0 saturated carbocycles. The van der Waals surface area contributed by atoms with Crippen LogP contribution in [-0.4, -0.2) is 32.1 Å². The number of carbonyl (C=O) groups is 2. The van der Waals surface area contributed by atoms with Crippen molar-refractivity contribution in [3.8, 4) is 0 Å². The molecule has 0 radical (unpaired) electrons. The lowest BCUT2D eigenvalue weighted by molar-refractivity contribution is -0.117. The first-order chi connectivity index (χ1) is 10.7. The van der Waals surface area contributed by atoms with Crippen molar-refractivity contribution >= 4 is 23.3 Å². The molecule has 1 aliphatic rings. The van der Waals surface area contributed by atoms with Gasteiger partial charge in [-0.3, -0.25) is 4.79 Å². The Labute approximate surface area is 131 Å². The van der Waals surface area contributed by atoms with E-state index in [9.17, 15) is 9.59 Å². The highest BCUT2D eigenvalue weighted by atomic mass is 16.5. The number of amides is 1. The number of esters is 1. The van der Waals surface area contributed by atoms with Gasteiger partial charge in [0, 0.05) is 19.5 Å². The number of ether oxygens (including phenoxy) is 1. The van der Waals surface area contributed by atoms with Crippen LogP contribution >= 0.6 is 0 Å². The highest BCUT2D eigenvalue weighted by molar-refractivity contribution is 6.00. The Morgan fingerprint density at radius 2 is 2.18 bits per heavy atom. The number of methoxy groups -OCH3 is 1. The minimum absolute atomic E-state index is 0.141. The number of hydrogen-bond acceptors (Lipinski definition) is 4. The van der Waals surface area contributed by atoms with Gasteiger partial charge in [-0.2, -0.15) is 0 Å². The molecule has 0 bridgehead atoms. The first kappa shape index (κ1) is 16.3. The lowest BCUT2D eigenvalue weighted by atomic mass is 10.1. The number of rotatable bonds is 7. The molecule has 0 atom stereocenters. The molecule has 0 unspecified atom stereocenters. The van der Waals surface area contributed by atoms with E-state index in [1.165, 1.54) is 7.11 Å². The second-order valence-corrected chi connectivity index (χ2v) is 5.51. The van der Waals surface area contributed by atoms with E-state index in [2.05, 4.69) is 12.2 Å². The average molecular weight is 304 g/mol. The Kier molecular flexibility index (Phi) is 5.81. The van der Waals surface area contributed by atoms with E-state index < -0.39 is 0 Å². The molecule has 5 heteroatoms. The summed E-state index contributed by atoms with van der Waals surface area (Å²) in [6.07, 6.45) is 4.84. The molecule has 1 amide bonds. The molecule has 22 heavy (non-hydrogen) atoms. The van der Waals surface area contributed by atoms with Crippen LogP contribution in [0, 0.1) is 0 Å². The summed E-state index contributed by atoms with van der Waals surface area (Å²) in [6, 6.07) is 5.32. The van der Waals surface area contributed by atoms with Crippen LogP contribution in [0.3, 0.4) is 0 Å². The summed E-state index contributed by atoms with van der Waals surface area (Å²) in [5, 5.41) is 3.36. The summed E-state index contributed by atoms with van der Waals surface area (Å²) >= 11 is 0. The summed E-state index contributed by atoms with van der Waals surface area (Å²) < 4.78 is 4.77. The van der Waals surface area contributed by atoms with Crippen LogP contribution in [0.15, 0.2) is 18.2 Å². The minimum atomic E-state index is -0.365. The third kappa shape index (κ3) is 3.78. The Hall–Kier alpha value is -2.04. The molecule has 1 N–H and O–H groups in total. The first-order valence-corrected chi connectivity index (χ1v) is 7.94. The lowest BCUT2D eigenvalue weighted by Crippen LogP contribution is -2.25. The van der Waals surface area contributed by atoms with Crippen LogP contribution in [0.25, 0.3) is 0 Å². The summed E-state index contributed by atoms with van der Waals surface area (Å²) in [5.41, 5.74) is 2.18. The van der Waals surface area contributed by atoms with Crippen LogP contribution in [0.4, 0.5) is 11.4 Å². The Balaban J connectivity index is 2.22. The minimum Gasteiger partial charge on any atom is -0.465 e. The SMILES string of the molecule is CCCCCNc1cc(C(=O)OC)ccc1N1CCCC1=O. The molecule has 1 heterocycles. The Bertz CT molecular complexity index is 543. The van der Waals surface area contributed by atoms with Crippen LogP contribution in [0.2, 0.25) is 0 Å². The Morgan fingerprint density at radius 3 is 2.82 bits per heavy atom. The quantitative estimate of drug-likeness (QED) is 0.621. The highest BCUT2D eigenvalue weighted by Crippen LogP contribution is 2.31. The zero-order chi connectivity index (χ0) is 15.9. The third-order valence-electron chi connectivity index (χ3n) is 3.88. The number of nitrogens with one attached hydrogen (secondary N) is 1. The predicted octanol–water partition coefficient (Wildman–Crippen LogP) is 3.20. The van der Waals surface area contributed by atoms with Crippen molar-refractivity contribution < 1.29 is 14.3 Å². The second-order valence-electron chi connectivity index (χ2n) is 5.51. The number of hydrogen-bond donors (Lipinski definition) is 1. The maximum Gasteiger partial charge on any atom is 0.337 e. The molecule has 1 aliphatic heterocycles. The molecular weight excluding hydrogens is 280 g/mol. The number of unbranched alkanes of at least 4 members (excludes halogenated alkanes) is 2. The van der Waals surface area contributed by atoms with Gasteiger partial charge in [0.2, 0.25) is 5.91 Å². The largest absolute Gasteiger partial charge is 0.465 e. The Morgan fingerprint density at radius 1 is 1.36 bits per heavy atom. The van der Waals surface area contributed by atoms with Crippen molar-refractivity contribution in [2.24, 2.45) is 0 Å². The third-order valence-corrected chi connectivity index (χ3v) is 3.88. The van der Waals surface area contributed by atoms with Crippen molar-refractivity contribution in [3.05, 3.63) is 23.8 Å². The fourth-order valence-corrected chi connectivity index (χ4v) is 2.66. The number of benzene rings is 1. The van der Waals surface area contributed by atoms with Crippen molar-refractivity contribution in [1.82, 2.24) is 0 Å². The van der Waals surface area contributed by atoms with Gasteiger partial charge in [0.1, 0.15) is 0 Å². The van der Waals surface area contributed by atoms with Crippen molar-refractivity contribution in [3.63, 3.8) is 0 Å². The topological polar surface area (TPSA) is 58.6 Å². The first-order valence-electron chi connectivity index (χ1n) is 7.94. The van der Waals surface area contributed by atoms with Crippen molar-refractivity contribution in [1.29, 1.82) is 0 Å². The average Bonchev–Trinajstić information content (AvgIpc) is 2.96. The van der Waals surface area contributed by atoms with Crippen molar-refractivity contribution in [2.75, 3.05) is 30.4 Å². The molecule has 1 aromatic rings. The monoisotopic (exact) mass is 304 g/mol. The molecule has 1 saturated heterocycles. The van der Waals surface area contributed by atoms with E-state index in [1.807, 2.05) is 6.07 Å². The normalized spacial score (nSPS) is 14.3. The molecule has 0 spiro atoms. The molecule has 5 nitrogen and oxygen atoms in total. The number of anilines is 2. The molecule has 2 rings (SSSR count).